The fourth-order valence-corrected chi connectivity index (χ4v) is 2.49. The molecule has 0 amide bonds. The SMILES string of the molecule is c1coc(-c2nc(NCc3ccncc3)ncc2-c2ccncc2)c1. The zero-order valence-corrected chi connectivity index (χ0v) is 13.3. The average molecular weight is 329 g/mol. The molecule has 0 radical (unpaired) electrons. The Morgan fingerprint density at radius 3 is 2.40 bits per heavy atom. The van der Waals surface area contributed by atoms with Gasteiger partial charge < -0.3 is 9.73 Å². The summed E-state index contributed by atoms with van der Waals surface area (Å²) in [4.78, 5) is 17.2. The first-order valence-electron chi connectivity index (χ1n) is 7.84. The lowest BCUT2D eigenvalue weighted by Crippen LogP contribution is -2.05. The van der Waals surface area contributed by atoms with Crippen LogP contribution in [0.15, 0.2) is 78.1 Å². The summed E-state index contributed by atoms with van der Waals surface area (Å²) < 4.78 is 5.56. The molecular formula is C19H15N5O. The van der Waals surface area contributed by atoms with Crippen LogP contribution in [0.1, 0.15) is 5.56 Å². The standard InChI is InChI=1S/C19H15N5O/c1-2-17(25-11-1)18-16(15-5-9-21-10-6-15)13-23-19(24-18)22-12-14-3-7-20-8-4-14/h1-11,13H,12H2,(H,22,23,24). The molecule has 122 valence electrons. The van der Waals surface area contributed by atoms with Crippen LogP contribution in [0.4, 0.5) is 5.95 Å². The van der Waals surface area contributed by atoms with E-state index in [2.05, 4.69) is 25.3 Å². The third-order valence-electron chi connectivity index (χ3n) is 3.73. The highest BCUT2D eigenvalue weighted by molar-refractivity contribution is 5.78. The second-order valence-electron chi connectivity index (χ2n) is 5.38. The van der Waals surface area contributed by atoms with E-state index in [1.54, 1.807) is 37.2 Å². The number of furan rings is 1. The molecule has 4 aromatic heterocycles. The quantitative estimate of drug-likeness (QED) is 0.600. The molecule has 4 aromatic rings. The van der Waals surface area contributed by atoms with Crippen LogP contribution in [0.3, 0.4) is 0 Å². The maximum atomic E-state index is 5.56. The largest absolute Gasteiger partial charge is 0.463 e. The molecule has 0 aliphatic heterocycles. The summed E-state index contributed by atoms with van der Waals surface area (Å²) in [6, 6.07) is 11.5. The minimum absolute atomic E-state index is 0.543. The summed E-state index contributed by atoms with van der Waals surface area (Å²) in [5, 5.41) is 3.24. The number of nitrogens with one attached hydrogen (secondary N) is 1. The summed E-state index contributed by atoms with van der Waals surface area (Å²) >= 11 is 0. The van der Waals surface area contributed by atoms with Crippen molar-refractivity contribution >= 4 is 5.95 Å². The maximum Gasteiger partial charge on any atom is 0.223 e. The molecule has 4 heterocycles. The van der Waals surface area contributed by atoms with Gasteiger partial charge in [0.05, 0.1) is 6.26 Å². The molecule has 0 aromatic carbocycles. The van der Waals surface area contributed by atoms with Crippen LogP contribution in [0.2, 0.25) is 0 Å². The van der Waals surface area contributed by atoms with Crippen molar-refractivity contribution in [2.24, 2.45) is 0 Å². The van der Waals surface area contributed by atoms with Crippen molar-refractivity contribution < 1.29 is 4.42 Å². The van der Waals surface area contributed by atoms with Gasteiger partial charge in [-0.2, -0.15) is 0 Å². The van der Waals surface area contributed by atoms with Gasteiger partial charge in [0.2, 0.25) is 5.95 Å². The predicted octanol–water partition coefficient (Wildman–Crippen LogP) is 3.81. The van der Waals surface area contributed by atoms with Crippen LogP contribution in [0.5, 0.6) is 0 Å². The molecule has 0 aliphatic rings. The van der Waals surface area contributed by atoms with Gasteiger partial charge in [0, 0.05) is 43.1 Å². The molecule has 0 saturated heterocycles. The molecule has 0 fully saturated rings. The second-order valence-corrected chi connectivity index (χ2v) is 5.38. The predicted molar refractivity (Wildman–Crippen MR) is 94.5 cm³/mol. The molecule has 25 heavy (non-hydrogen) atoms. The van der Waals surface area contributed by atoms with Gasteiger partial charge in [0.1, 0.15) is 5.69 Å². The van der Waals surface area contributed by atoms with E-state index in [9.17, 15) is 0 Å². The Balaban J connectivity index is 1.68. The molecule has 6 heteroatoms. The third kappa shape index (κ3) is 3.37. The molecule has 0 unspecified atom stereocenters. The summed E-state index contributed by atoms with van der Waals surface area (Å²) in [6.45, 7) is 0.620. The zero-order chi connectivity index (χ0) is 16.9. The van der Waals surface area contributed by atoms with Gasteiger partial charge in [-0.05, 0) is 47.5 Å². The second kappa shape index (κ2) is 6.92. The highest BCUT2D eigenvalue weighted by Gasteiger charge is 2.13. The number of nitrogens with zero attached hydrogens (tertiary/aromatic N) is 4. The number of hydrogen-bond acceptors (Lipinski definition) is 6. The lowest BCUT2D eigenvalue weighted by Gasteiger charge is -2.10. The van der Waals surface area contributed by atoms with Gasteiger partial charge in [-0.1, -0.05) is 0 Å². The molecule has 6 nitrogen and oxygen atoms in total. The minimum atomic E-state index is 0.543. The van der Waals surface area contributed by atoms with E-state index in [1.807, 2.05) is 36.4 Å². The fourth-order valence-electron chi connectivity index (χ4n) is 2.49. The Bertz CT molecular complexity index is 940. The first-order chi connectivity index (χ1) is 12.4. The van der Waals surface area contributed by atoms with Gasteiger partial charge in [-0.25, -0.2) is 9.97 Å². The molecule has 0 atom stereocenters. The summed E-state index contributed by atoms with van der Waals surface area (Å²) in [5.41, 5.74) is 3.73. The maximum absolute atomic E-state index is 5.56. The Kier molecular flexibility index (Phi) is 4.16. The average Bonchev–Trinajstić information content (AvgIpc) is 3.22. The lowest BCUT2D eigenvalue weighted by atomic mass is 10.1. The molecule has 0 aliphatic carbocycles. The van der Waals surface area contributed by atoms with Gasteiger partial charge in [0.25, 0.3) is 0 Å². The number of pyridine rings is 2. The van der Waals surface area contributed by atoms with Crippen LogP contribution in [-0.2, 0) is 6.54 Å². The number of rotatable bonds is 5. The van der Waals surface area contributed by atoms with Crippen LogP contribution in [-0.4, -0.2) is 19.9 Å². The van der Waals surface area contributed by atoms with Crippen LogP contribution in [0, 0.1) is 0 Å². The number of hydrogen-bond donors (Lipinski definition) is 1. The van der Waals surface area contributed by atoms with E-state index in [4.69, 9.17) is 4.42 Å². The van der Waals surface area contributed by atoms with E-state index >= 15 is 0 Å². The van der Waals surface area contributed by atoms with E-state index in [0.717, 1.165) is 22.4 Å². The molecule has 0 bridgehead atoms. The van der Waals surface area contributed by atoms with Gasteiger partial charge in [-0.3, -0.25) is 9.97 Å². The summed E-state index contributed by atoms with van der Waals surface area (Å²) in [6.07, 6.45) is 10.5. The molecular weight excluding hydrogens is 314 g/mol. The van der Waals surface area contributed by atoms with Crippen LogP contribution < -0.4 is 5.32 Å². The normalized spacial score (nSPS) is 10.6. The molecule has 4 rings (SSSR count). The summed E-state index contributed by atoms with van der Waals surface area (Å²) in [7, 11) is 0. The van der Waals surface area contributed by atoms with Crippen molar-refractivity contribution in [3.63, 3.8) is 0 Å². The highest BCUT2D eigenvalue weighted by Crippen LogP contribution is 2.30. The van der Waals surface area contributed by atoms with Crippen molar-refractivity contribution in [3.05, 3.63) is 79.2 Å². The van der Waals surface area contributed by atoms with Crippen molar-refractivity contribution in [1.82, 2.24) is 19.9 Å². The monoisotopic (exact) mass is 329 g/mol. The van der Waals surface area contributed by atoms with Crippen molar-refractivity contribution in [3.8, 4) is 22.6 Å². The van der Waals surface area contributed by atoms with E-state index in [-0.39, 0.29) is 0 Å². The Morgan fingerprint density at radius 2 is 1.68 bits per heavy atom. The lowest BCUT2D eigenvalue weighted by molar-refractivity contribution is 0.580. The van der Waals surface area contributed by atoms with Crippen molar-refractivity contribution in [2.75, 3.05) is 5.32 Å². The number of aromatic nitrogens is 4. The van der Waals surface area contributed by atoms with Gasteiger partial charge in [-0.15, -0.1) is 0 Å². The Morgan fingerprint density at radius 1 is 0.920 bits per heavy atom. The smallest absolute Gasteiger partial charge is 0.223 e. The van der Waals surface area contributed by atoms with E-state index in [1.165, 1.54) is 0 Å². The topological polar surface area (TPSA) is 76.7 Å². The Labute approximate surface area is 144 Å². The van der Waals surface area contributed by atoms with E-state index in [0.29, 0.717) is 18.3 Å². The summed E-state index contributed by atoms with van der Waals surface area (Å²) in [5.74, 6) is 1.24. The fraction of sp³-hybridized carbons (Fsp3) is 0.0526. The Hall–Kier alpha value is -3.54. The third-order valence-corrected chi connectivity index (χ3v) is 3.73. The highest BCUT2D eigenvalue weighted by atomic mass is 16.3. The molecule has 1 N–H and O–H groups in total. The van der Waals surface area contributed by atoms with Gasteiger partial charge >= 0.3 is 0 Å². The van der Waals surface area contributed by atoms with Crippen LogP contribution >= 0.6 is 0 Å². The zero-order valence-electron chi connectivity index (χ0n) is 13.3. The molecule has 0 saturated carbocycles. The van der Waals surface area contributed by atoms with Gasteiger partial charge in [0.15, 0.2) is 5.76 Å². The van der Waals surface area contributed by atoms with Crippen molar-refractivity contribution in [2.45, 2.75) is 6.54 Å². The first kappa shape index (κ1) is 15.0. The first-order valence-corrected chi connectivity index (χ1v) is 7.84. The van der Waals surface area contributed by atoms with Crippen molar-refractivity contribution in [1.29, 1.82) is 0 Å². The van der Waals surface area contributed by atoms with E-state index < -0.39 is 0 Å². The van der Waals surface area contributed by atoms with Crippen LogP contribution in [0.25, 0.3) is 22.6 Å². The molecule has 0 spiro atoms. The number of anilines is 1. The minimum Gasteiger partial charge on any atom is -0.463 e.